The first-order valence-corrected chi connectivity index (χ1v) is 9.89. The topological polar surface area (TPSA) is 43.7 Å². The van der Waals surface area contributed by atoms with Crippen LogP contribution < -0.4 is 4.74 Å². The van der Waals surface area contributed by atoms with Crippen molar-refractivity contribution in [3.63, 3.8) is 0 Å². The molecule has 0 spiro atoms. The van der Waals surface area contributed by atoms with Crippen LogP contribution in [0.2, 0.25) is 0 Å². The molecule has 5 rings (SSSR count). The summed E-state index contributed by atoms with van der Waals surface area (Å²) in [4.78, 5) is 15.6. The number of piperidine rings is 1. The molecule has 4 heterocycles. The molecule has 3 aliphatic rings. The maximum atomic E-state index is 13.2. The zero-order valence-corrected chi connectivity index (χ0v) is 15.3. The van der Waals surface area contributed by atoms with Crippen LogP contribution in [0.3, 0.4) is 0 Å². The Hall–Kier alpha value is -2.01. The quantitative estimate of drug-likeness (QED) is 0.773. The summed E-state index contributed by atoms with van der Waals surface area (Å²) in [5.74, 6) is 0.482. The van der Waals surface area contributed by atoms with Gasteiger partial charge in [0.15, 0.2) is 0 Å². The molecule has 3 aliphatic heterocycles. The van der Waals surface area contributed by atoms with Gasteiger partial charge in [0.2, 0.25) is 5.88 Å². The molecule has 0 aliphatic carbocycles. The van der Waals surface area contributed by atoms with Crippen molar-refractivity contribution in [2.75, 3.05) is 13.7 Å². The van der Waals surface area contributed by atoms with Crippen LogP contribution in [0.15, 0.2) is 24.3 Å². The van der Waals surface area contributed by atoms with Gasteiger partial charge >= 0.3 is 5.97 Å². The molecule has 2 saturated heterocycles. The summed E-state index contributed by atoms with van der Waals surface area (Å²) in [5, 5.41) is 0.949. The first kappa shape index (κ1) is 16.2. The summed E-state index contributed by atoms with van der Waals surface area (Å²) < 4.78 is 14.2. The van der Waals surface area contributed by atoms with E-state index >= 15 is 0 Å². The van der Waals surface area contributed by atoms with Gasteiger partial charge in [0.05, 0.1) is 12.1 Å². The Balaban J connectivity index is 1.47. The third-order valence-electron chi connectivity index (χ3n) is 6.47. The van der Waals surface area contributed by atoms with E-state index in [0.717, 1.165) is 43.1 Å². The number of aryl methyl sites for hydroxylation is 1. The number of carbonyl (C=O) groups is 1. The summed E-state index contributed by atoms with van der Waals surface area (Å²) >= 11 is 0. The molecule has 1 unspecified atom stereocenters. The lowest BCUT2D eigenvalue weighted by Gasteiger charge is -2.35. The fourth-order valence-electron chi connectivity index (χ4n) is 5.06. The molecule has 0 N–H and O–H groups in total. The Kier molecular flexibility index (Phi) is 3.92. The average Bonchev–Trinajstić information content (AvgIpc) is 2.93. The number of esters is 1. The highest BCUT2D eigenvalue weighted by atomic mass is 16.5. The summed E-state index contributed by atoms with van der Waals surface area (Å²) in [6, 6.07) is 9.20. The molecule has 26 heavy (non-hydrogen) atoms. The van der Waals surface area contributed by atoms with E-state index in [1.165, 1.54) is 12.8 Å². The van der Waals surface area contributed by atoms with Crippen molar-refractivity contribution in [1.29, 1.82) is 0 Å². The predicted molar refractivity (Wildman–Crippen MR) is 99.7 cm³/mol. The monoisotopic (exact) mass is 354 g/mol. The average molecular weight is 354 g/mol. The van der Waals surface area contributed by atoms with Gasteiger partial charge in [0.25, 0.3) is 0 Å². The molecule has 5 heteroatoms. The van der Waals surface area contributed by atoms with E-state index in [1.807, 2.05) is 18.2 Å². The lowest BCUT2D eigenvalue weighted by Crippen LogP contribution is -2.43. The molecule has 0 radical (unpaired) electrons. The third kappa shape index (κ3) is 2.52. The van der Waals surface area contributed by atoms with E-state index in [1.54, 1.807) is 0 Å². The lowest BCUT2D eigenvalue weighted by atomic mass is 10.0. The molecule has 2 bridgehead atoms. The van der Waals surface area contributed by atoms with Crippen molar-refractivity contribution in [2.45, 2.75) is 63.3 Å². The third-order valence-corrected chi connectivity index (χ3v) is 6.47. The van der Waals surface area contributed by atoms with Gasteiger partial charge < -0.3 is 18.9 Å². The first-order valence-electron chi connectivity index (χ1n) is 9.89. The zero-order valence-electron chi connectivity index (χ0n) is 15.3. The van der Waals surface area contributed by atoms with Crippen LogP contribution in [0, 0.1) is 0 Å². The van der Waals surface area contributed by atoms with Crippen LogP contribution in [-0.4, -0.2) is 47.3 Å². The number of aromatic nitrogens is 1. The van der Waals surface area contributed by atoms with Crippen LogP contribution in [0.5, 0.6) is 5.88 Å². The van der Waals surface area contributed by atoms with Crippen molar-refractivity contribution in [3.8, 4) is 5.88 Å². The highest BCUT2D eigenvalue weighted by molar-refractivity contribution is 6.07. The van der Waals surface area contributed by atoms with Crippen LogP contribution in [0.4, 0.5) is 0 Å². The summed E-state index contributed by atoms with van der Waals surface area (Å²) in [7, 11) is 2.20. The highest BCUT2D eigenvalue weighted by Crippen LogP contribution is 2.38. The second-order valence-corrected chi connectivity index (χ2v) is 7.95. The van der Waals surface area contributed by atoms with Gasteiger partial charge in [-0.1, -0.05) is 18.2 Å². The second-order valence-electron chi connectivity index (χ2n) is 7.95. The van der Waals surface area contributed by atoms with Crippen molar-refractivity contribution in [3.05, 3.63) is 29.8 Å². The molecule has 0 saturated carbocycles. The van der Waals surface area contributed by atoms with Gasteiger partial charge in [-0.3, -0.25) is 0 Å². The number of para-hydroxylation sites is 1. The molecule has 2 fully saturated rings. The normalized spacial score (nSPS) is 28.4. The fraction of sp³-hybridized carbons (Fsp3) is 0.571. The zero-order chi connectivity index (χ0) is 17.7. The summed E-state index contributed by atoms with van der Waals surface area (Å²) in [5.41, 5.74) is 1.69. The molecule has 1 aromatic heterocycles. The number of ether oxygens (including phenoxy) is 2. The second kappa shape index (κ2) is 6.31. The molecular formula is C21H26N2O3. The Labute approximate surface area is 153 Å². The van der Waals surface area contributed by atoms with Crippen LogP contribution in [0.25, 0.3) is 10.9 Å². The Morgan fingerprint density at radius 2 is 1.92 bits per heavy atom. The van der Waals surface area contributed by atoms with E-state index in [2.05, 4.69) is 22.6 Å². The van der Waals surface area contributed by atoms with Crippen LogP contribution in [0.1, 0.15) is 48.9 Å². The van der Waals surface area contributed by atoms with E-state index in [0.29, 0.717) is 30.1 Å². The maximum Gasteiger partial charge on any atom is 0.344 e. The van der Waals surface area contributed by atoms with E-state index < -0.39 is 0 Å². The summed E-state index contributed by atoms with van der Waals surface area (Å²) in [6.45, 7) is 1.55. The van der Waals surface area contributed by atoms with Crippen LogP contribution >= 0.6 is 0 Å². The lowest BCUT2D eigenvalue weighted by molar-refractivity contribution is -0.000581. The first-order chi connectivity index (χ1) is 12.7. The van der Waals surface area contributed by atoms with Crippen molar-refractivity contribution in [1.82, 2.24) is 9.47 Å². The molecule has 0 amide bonds. The minimum atomic E-state index is -0.217. The van der Waals surface area contributed by atoms with E-state index in [4.69, 9.17) is 9.47 Å². The number of fused-ring (bicyclic) bond motifs is 5. The van der Waals surface area contributed by atoms with Gasteiger partial charge in [-0.15, -0.1) is 0 Å². The number of nitrogens with zero attached hydrogens (tertiary/aromatic N) is 2. The minimum absolute atomic E-state index is 0.0243. The van der Waals surface area contributed by atoms with E-state index in [9.17, 15) is 4.79 Å². The largest absolute Gasteiger partial charge is 0.478 e. The van der Waals surface area contributed by atoms with Crippen molar-refractivity contribution < 1.29 is 14.3 Å². The maximum absolute atomic E-state index is 13.2. The smallest absolute Gasteiger partial charge is 0.344 e. The van der Waals surface area contributed by atoms with Crippen molar-refractivity contribution >= 4 is 16.9 Å². The Morgan fingerprint density at radius 1 is 1.15 bits per heavy atom. The number of hydrogen-bond donors (Lipinski definition) is 0. The van der Waals surface area contributed by atoms with Crippen LogP contribution in [-0.2, 0) is 11.3 Å². The Morgan fingerprint density at radius 3 is 2.73 bits per heavy atom. The van der Waals surface area contributed by atoms with Gasteiger partial charge in [0.1, 0.15) is 11.7 Å². The number of hydrogen-bond acceptors (Lipinski definition) is 4. The number of carbonyl (C=O) groups excluding carboxylic acids is 1. The standard InChI is InChI=1S/C21H26N2O3/c1-22-14-8-9-15(22)13-16(12-14)26-21(24)19-17-6-2-3-7-18(17)23-10-4-5-11-25-20(19)23/h2-3,6-7,14-16H,4-5,8-13H2,1H3/t14-,15+,16?. The molecule has 138 valence electrons. The summed E-state index contributed by atoms with van der Waals surface area (Å²) in [6.07, 6.45) is 6.46. The van der Waals surface area contributed by atoms with Gasteiger partial charge in [-0.2, -0.15) is 0 Å². The predicted octanol–water partition coefficient (Wildman–Crippen LogP) is 3.60. The molecule has 2 aromatic rings. The Bertz CT molecular complexity index is 829. The minimum Gasteiger partial charge on any atom is -0.478 e. The number of benzene rings is 1. The molecule has 5 nitrogen and oxygen atoms in total. The molecule has 3 atom stereocenters. The molecular weight excluding hydrogens is 328 g/mol. The highest BCUT2D eigenvalue weighted by Gasteiger charge is 2.40. The number of rotatable bonds is 2. The molecule has 1 aromatic carbocycles. The van der Waals surface area contributed by atoms with Gasteiger partial charge in [0, 0.05) is 36.9 Å². The SMILES string of the molecule is CN1[C@@H]2CC[C@H]1CC(OC(=O)c1c3n(c4ccccc14)CCCCO3)C2. The van der Waals surface area contributed by atoms with E-state index in [-0.39, 0.29) is 12.1 Å². The fourth-order valence-corrected chi connectivity index (χ4v) is 5.06. The van der Waals surface area contributed by atoms with Crippen molar-refractivity contribution in [2.24, 2.45) is 0 Å². The van der Waals surface area contributed by atoms with Gasteiger partial charge in [-0.25, -0.2) is 4.79 Å². The van der Waals surface area contributed by atoms with Gasteiger partial charge in [-0.05, 0) is 38.8 Å².